The number of hydrogen-bond acceptors (Lipinski definition) is 7. The van der Waals surface area contributed by atoms with Crippen LogP contribution < -0.4 is 10.1 Å². The molecule has 150 valence electrons. The number of nitrogens with one attached hydrogen (secondary N) is 1. The number of rotatable bonds is 4. The molecule has 0 unspecified atom stereocenters. The minimum absolute atomic E-state index is 0.0558. The molecule has 0 atom stereocenters. The van der Waals surface area contributed by atoms with Crippen LogP contribution in [0.25, 0.3) is 22.1 Å². The molecule has 2 heterocycles. The van der Waals surface area contributed by atoms with Crippen molar-refractivity contribution in [2.45, 2.75) is 6.18 Å². The smallest absolute Gasteiger partial charge is 0.422 e. The van der Waals surface area contributed by atoms with Crippen LogP contribution in [0.1, 0.15) is 0 Å². The lowest BCUT2D eigenvalue weighted by Gasteiger charge is -2.08. The Kier molecular flexibility index (Phi) is 5.51. The van der Waals surface area contributed by atoms with Gasteiger partial charge < -0.3 is 13.7 Å². The van der Waals surface area contributed by atoms with Gasteiger partial charge in [0.15, 0.2) is 12.2 Å². The van der Waals surface area contributed by atoms with Gasteiger partial charge in [-0.25, -0.2) is 4.98 Å². The second kappa shape index (κ2) is 8.03. The lowest BCUT2D eigenvalue weighted by Crippen LogP contribution is -2.19. The second-order valence-corrected chi connectivity index (χ2v) is 5.74. The summed E-state index contributed by atoms with van der Waals surface area (Å²) < 4.78 is 48.9. The lowest BCUT2D eigenvalue weighted by molar-refractivity contribution is -0.191. The van der Waals surface area contributed by atoms with Crippen molar-refractivity contribution in [3.8, 4) is 5.75 Å². The Hall–Kier alpha value is -3.85. The minimum atomic E-state index is -4.40. The number of aromatic nitrogens is 3. The van der Waals surface area contributed by atoms with E-state index in [-0.39, 0.29) is 17.9 Å². The summed E-state index contributed by atoms with van der Waals surface area (Å²) in [5.41, 5.74) is 2.56. The number of ether oxygens (including phenoxy) is 1. The first-order valence-electron chi connectivity index (χ1n) is 8.08. The highest BCUT2D eigenvalue weighted by Gasteiger charge is 2.28. The van der Waals surface area contributed by atoms with E-state index in [4.69, 9.17) is 18.7 Å². The largest absolute Gasteiger partial charge is 0.484 e. The zero-order chi connectivity index (χ0) is 21.0. The third kappa shape index (κ3) is 4.71. The molecule has 0 bridgehead atoms. The molecule has 0 aliphatic rings. The molecule has 2 aromatic heterocycles. The standard InChI is InChI=1S/C17H13F3N4O2.CO2/c1-24-13-5-3-2-4-11(13)21-15(24)23-16-22-12-7-6-10(8-14(12)26-16)25-9-17(18,19)20;2-1-3/h2-8H,9H2,1H3,(H,21,22,23);. The Morgan fingerprint density at radius 3 is 2.55 bits per heavy atom. The fraction of sp³-hybridized carbons (Fsp3) is 0.167. The van der Waals surface area contributed by atoms with E-state index in [2.05, 4.69) is 15.3 Å². The van der Waals surface area contributed by atoms with Crippen LogP contribution in [0.3, 0.4) is 0 Å². The lowest BCUT2D eigenvalue weighted by atomic mass is 10.3. The number of carbonyl (C=O) groups excluding carboxylic acids is 2. The average molecular weight is 406 g/mol. The molecule has 4 rings (SSSR count). The fourth-order valence-electron chi connectivity index (χ4n) is 2.57. The number of halogens is 3. The summed E-state index contributed by atoms with van der Waals surface area (Å²) >= 11 is 0. The molecule has 11 heteroatoms. The third-order valence-electron chi connectivity index (χ3n) is 3.77. The van der Waals surface area contributed by atoms with Crippen molar-refractivity contribution in [3.63, 3.8) is 0 Å². The molecule has 0 radical (unpaired) electrons. The maximum atomic E-state index is 12.2. The number of nitrogens with zero attached hydrogens (tertiary/aromatic N) is 3. The van der Waals surface area contributed by atoms with Crippen LogP contribution in [-0.2, 0) is 16.6 Å². The van der Waals surface area contributed by atoms with Gasteiger partial charge in [-0.1, -0.05) is 12.1 Å². The molecule has 1 N–H and O–H groups in total. The van der Waals surface area contributed by atoms with Gasteiger partial charge in [-0.15, -0.1) is 0 Å². The number of aryl methyl sites for hydroxylation is 1. The van der Waals surface area contributed by atoms with Crippen molar-refractivity contribution in [1.29, 1.82) is 0 Å². The monoisotopic (exact) mass is 406 g/mol. The predicted molar refractivity (Wildman–Crippen MR) is 94.6 cm³/mol. The first kappa shape index (κ1) is 19.9. The molecule has 4 aromatic rings. The molecule has 0 amide bonds. The van der Waals surface area contributed by atoms with Gasteiger partial charge in [0, 0.05) is 13.1 Å². The Morgan fingerprint density at radius 1 is 1.14 bits per heavy atom. The van der Waals surface area contributed by atoms with Gasteiger partial charge in [0.1, 0.15) is 11.3 Å². The van der Waals surface area contributed by atoms with Crippen LogP contribution in [0.2, 0.25) is 0 Å². The van der Waals surface area contributed by atoms with Crippen LogP contribution in [0.4, 0.5) is 25.1 Å². The van der Waals surface area contributed by atoms with Gasteiger partial charge in [0.2, 0.25) is 5.95 Å². The van der Waals surface area contributed by atoms with Gasteiger partial charge in [0.05, 0.1) is 11.0 Å². The van der Waals surface area contributed by atoms with Gasteiger partial charge in [-0.2, -0.15) is 27.7 Å². The van der Waals surface area contributed by atoms with E-state index in [1.165, 1.54) is 18.2 Å². The van der Waals surface area contributed by atoms with E-state index in [9.17, 15) is 13.2 Å². The number of alkyl halides is 3. The van der Waals surface area contributed by atoms with E-state index in [1.54, 1.807) is 0 Å². The molecule has 0 spiro atoms. The molecule has 0 fully saturated rings. The molecule has 29 heavy (non-hydrogen) atoms. The van der Waals surface area contributed by atoms with E-state index in [0.717, 1.165) is 11.0 Å². The van der Waals surface area contributed by atoms with Crippen LogP contribution in [-0.4, -0.2) is 33.5 Å². The minimum Gasteiger partial charge on any atom is -0.484 e. The molecule has 0 saturated carbocycles. The quantitative estimate of drug-likeness (QED) is 0.550. The molecular weight excluding hydrogens is 393 g/mol. The van der Waals surface area contributed by atoms with Crippen molar-refractivity contribution >= 4 is 40.2 Å². The molecule has 8 nitrogen and oxygen atoms in total. The number of anilines is 2. The van der Waals surface area contributed by atoms with Gasteiger partial charge in [0.25, 0.3) is 0 Å². The normalized spacial score (nSPS) is 11.0. The highest BCUT2D eigenvalue weighted by molar-refractivity contribution is 5.80. The van der Waals surface area contributed by atoms with E-state index < -0.39 is 12.8 Å². The maximum absolute atomic E-state index is 12.2. The van der Waals surface area contributed by atoms with Crippen LogP contribution in [0.15, 0.2) is 46.9 Å². The number of fused-ring (bicyclic) bond motifs is 2. The summed E-state index contributed by atoms with van der Waals surface area (Å²) in [6.45, 7) is -1.36. The summed E-state index contributed by atoms with van der Waals surface area (Å²) in [6.07, 6.45) is -4.15. The van der Waals surface area contributed by atoms with E-state index in [0.29, 0.717) is 17.0 Å². The number of para-hydroxylation sites is 2. The summed E-state index contributed by atoms with van der Waals surface area (Å²) in [6, 6.07) is 12.1. The Bertz CT molecular complexity index is 1180. The van der Waals surface area contributed by atoms with Crippen molar-refractivity contribution in [2.75, 3.05) is 11.9 Å². The van der Waals surface area contributed by atoms with Crippen molar-refractivity contribution < 1.29 is 31.9 Å². The summed E-state index contributed by atoms with van der Waals surface area (Å²) in [5, 5.41) is 2.98. The highest BCUT2D eigenvalue weighted by atomic mass is 19.4. The summed E-state index contributed by atoms with van der Waals surface area (Å²) in [4.78, 5) is 25.0. The molecule has 2 aromatic carbocycles. The average Bonchev–Trinajstić information content (AvgIpc) is 3.21. The van der Waals surface area contributed by atoms with Gasteiger partial charge in [-0.05, 0) is 24.3 Å². The first-order valence-corrected chi connectivity index (χ1v) is 8.08. The van der Waals surface area contributed by atoms with Crippen molar-refractivity contribution in [2.24, 2.45) is 7.05 Å². The van der Waals surface area contributed by atoms with E-state index in [1.807, 2.05) is 35.9 Å². The summed E-state index contributed by atoms with van der Waals surface area (Å²) in [5.74, 6) is 0.589. The number of hydrogen-bond donors (Lipinski definition) is 1. The zero-order valence-corrected chi connectivity index (χ0v) is 14.9. The Balaban J connectivity index is 0.000000755. The van der Waals surface area contributed by atoms with Crippen LogP contribution >= 0.6 is 0 Å². The first-order chi connectivity index (χ1) is 13.8. The maximum Gasteiger partial charge on any atom is 0.422 e. The van der Waals surface area contributed by atoms with Gasteiger partial charge in [-0.3, -0.25) is 5.32 Å². The highest BCUT2D eigenvalue weighted by Crippen LogP contribution is 2.27. The van der Waals surface area contributed by atoms with Crippen LogP contribution in [0, 0.1) is 0 Å². The van der Waals surface area contributed by atoms with Crippen molar-refractivity contribution in [3.05, 3.63) is 42.5 Å². The third-order valence-corrected chi connectivity index (χ3v) is 3.77. The SMILES string of the molecule is Cn1c(Nc2nc3ccc(OCC(F)(F)F)cc3o2)nc2ccccc21.O=C=O. The van der Waals surface area contributed by atoms with Crippen LogP contribution in [0.5, 0.6) is 5.75 Å². The second-order valence-electron chi connectivity index (χ2n) is 5.74. The van der Waals surface area contributed by atoms with Crippen molar-refractivity contribution in [1.82, 2.24) is 14.5 Å². The number of benzene rings is 2. The zero-order valence-electron chi connectivity index (χ0n) is 14.9. The fourth-order valence-corrected chi connectivity index (χ4v) is 2.57. The Labute approximate surface area is 160 Å². The summed E-state index contributed by atoms with van der Waals surface area (Å²) in [7, 11) is 1.85. The Morgan fingerprint density at radius 2 is 1.86 bits per heavy atom. The van der Waals surface area contributed by atoms with E-state index >= 15 is 0 Å². The predicted octanol–water partition coefficient (Wildman–Crippen LogP) is 3.82. The van der Waals surface area contributed by atoms with Gasteiger partial charge >= 0.3 is 18.3 Å². The molecule has 0 saturated heterocycles. The number of oxazole rings is 1. The molecule has 0 aliphatic heterocycles. The number of imidazole rings is 1. The molecular formula is C18H13F3N4O4. The molecule has 0 aliphatic carbocycles. The topological polar surface area (TPSA) is 99.2 Å².